The van der Waals surface area contributed by atoms with E-state index in [1.807, 2.05) is 39.8 Å². The van der Waals surface area contributed by atoms with Crippen molar-refractivity contribution in [3.8, 4) is 10.4 Å². The van der Waals surface area contributed by atoms with Crippen molar-refractivity contribution < 1.29 is 14.1 Å². The summed E-state index contributed by atoms with van der Waals surface area (Å²) in [5.74, 6) is 0.329. The first kappa shape index (κ1) is 28.0. The van der Waals surface area contributed by atoms with Crippen LogP contribution in [0.4, 0.5) is 0 Å². The Morgan fingerprint density at radius 1 is 1.11 bits per heavy atom. The second-order valence-electron chi connectivity index (χ2n) is 11.5. The lowest BCUT2D eigenvalue weighted by Gasteiger charge is -2.22. The molecule has 0 radical (unpaired) electrons. The molecule has 2 aromatic rings. The molecule has 0 saturated heterocycles. The smallest absolute Gasteiger partial charge is 0.280 e. The van der Waals surface area contributed by atoms with Crippen molar-refractivity contribution in [3.63, 3.8) is 0 Å². The third-order valence-electron chi connectivity index (χ3n) is 6.36. The van der Waals surface area contributed by atoms with E-state index in [2.05, 4.69) is 17.0 Å². The molecule has 1 aliphatic carbocycles. The zero-order valence-corrected chi connectivity index (χ0v) is 23.8. The molecule has 1 fully saturated rings. The SMILES string of the molecule is Cc1c(-c2sc(C(=O)NCC(C)(C)O)nc2CC2CCCCC2)ccc(S(=O)NC(C)(C)C)c1C. The van der Waals surface area contributed by atoms with E-state index >= 15 is 0 Å². The van der Waals surface area contributed by atoms with Gasteiger partial charge in [0.25, 0.3) is 5.91 Å². The summed E-state index contributed by atoms with van der Waals surface area (Å²) in [6.45, 7) is 13.6. The Morgan fingerprint density at radius 2 is 1.77 bits per heavy atom. The standard InChI is InChI=1S/C27H41N3O3S2/c1-17-18(2)22(35(33)30-26(3,4)5)14-13-20(17)23-21(15-19-11-9-8-10-12-19)29-25(34-23)24(31)28-16-27(6,7)32/h13-14,19,30,32H,8-12,15-16H2,1-7H3,(H,28,31). The van der Waals surface area contributed by atoms with Crippen molar-refractivity contribution in [1.29, 1.82) is 0 Å². The summed E-state index contributed by atoms with van der Waals surface area (Å²) >= 11 is 1.41. The molecule has 0 spiro atoms. The van der Waals surface area contributed by atoms with Crippen LogP contribution in [-0.2, 0) is 17.4 Å². The Labute approximate surface area is 216 Å². The fourth-order valence-electron chi connectivity index (χ4n) is 4.41. The number of amides is 1. The van der Waals surface area contributed by atoms with Gasteiger partial charge in [-0.25, -0.2) is 13.9 Å². The van der Waals surface area contributed by atoms with Gasteiger partial charge < -0.3 is 10.4 Å². The molecule has 3 N–H and O–H groups in total. The molecule has 3 rings (SSSR count). The van der Waals surface area contributed by atoms with Crippen molar-refractivity contribution in [2.45, 2.75) is 103 Å². The maximum Gasteiger partial charge on any atom is 0.280 e. The first-order valence-corrected chi connectivity index (χ1v) is 14.5. The van der Waals surface area contributed by atoms with Crippen LogP contribution in [-0.4, -0.2) is 37.9 Å². The largest absolute Gasteiger partial charge is 0.389 e. The lowest BCUT2D eigenvalue weighted by atomic mass is 9.85. The molecule has 194 valence electrons. The van der Waals surface area contributed by atoms with E-state index in [0.29, 0.717) is 10.9 Å². The molecule has 1 aromatic carbocycles. The minimum absolute atomic E-state index is 0.165. The third-order valence-corrected chi connectivity index (χ3v) is 9.13. The number of thiazole rings is 1. The average molecular weight is 520 g/mol. The number of hydrogen-bond donors (Lipinski definition) is 3. The monoisotopic (exact) mass is 519 g/mol. The van der Waals surface area contributed by atoms with Gasteiger partial charge in [-0.05, 0) is 83.6 Å². The first-order chi connectivity index (χ1) is 16.2. The Bertz CT molecular complexity index is 1070. The van der Waals surface area contributed by atoms with Gasteiger partial charge >= 0.3 is 0 Å². The molecular formula is C27H41N3O3S2. The Balaban J connectivity index is 1.98. The Hall–Kier alpha value is -1.61. The van der Waals surface area contributed by atoms with Crippen molar-refractivity contribution in [1.82, 2.24) is 15.0 Å². The second kappa shape index (κ2) is 11.2. The maximum atomic E-state index is 13.0. The number of carbonyl (C=O) groups excluding carboxylic acids is 1. The molecule has 0 bridgehead atoms. The molecule has 6 nitrogen and oxygen atoms in total. The molecule has 1 aliphatic rings. The van der Waals surface area contributed by atoms with Gasteiger partial charge in [-0.2, -0.15) is 0 Å². The van der Waals surface area contributed by atoms with E-state index < -0.39 is 16.6 Å². The number of nitrogens with zero attached hydrogens (tertiary/aromatic N) is 1. The van der Waals surface area contributed by atoms with Crippen LogP contribution in [0.3, 0.4) is 0 Å². The molecule has 1 saturated carbocycles. The van der Waals surface area contributed by atoms with Crippen LogP contribution in [0.2, 0.25) is 0 Å². The number of rotatable bonds is 8. The predicted molar refractivity (Wildman–Crippen MR) is 145 cm³/mol. The highest BCUT2D eigenvalue weighted by Crippen LogP contribution is 2.38. The van der Waals surface area contributed by atoms with Crippen molar-refractivity contribution >= 4 is 28.2 Å². The molecule has 35 heavy (non-hydrogen) atoms. The molecule has 8 heteroatoms. The summed E-state index contributed by atoms with van der Waals surface area (Å²) in [4.78, 5) is 19.5. The van der Waals surface area contributed by atoms with E-state index in [9.17, 15) is 14.1 Å². The van der Waals surface area contributed by atoms with Gasteiger partial charge in [0.1, 0.15) is 11.0 Å². The molecule has 1 aromatic heterocycles. The number of nitrogens with one attached hydrogen (secondary N) is 2. The van der Waals surface area contributed by atoms with Crippen LogP contribution in [0.25, 0.3) is 10.4 Å². The summed E-state index contributed by atoms with van der Waals surface area (Å²) in [5.41, 5.74) is 2.82. The zero-order chi connectivity index (χ0) is 26.0. The zero-order valence-electron chi connectivity index (χ0n) is 22.2. The molecule has 1 amide bonds. The van der Waals surface area contributed by atoms with Crippen LogP contribution in [0.5, 0.6) is 0 Å². The minimum Gasteiger partial charge on any atom is -0.389 e. The Morgan fingerprint density at radius 3 is 2.37 bits per heavy atom. The average Bonchev–Trinajstić information content (AvgIpc) is 3.16. The van der Waals surface area contributed by atoms with E-state index in [-0.39, 0.29) is 18.0 Å². The lowest BCUT2D eigenvalue weighted by molar-refractivity contribution is 0.0694. The van der Waals surface area contributed by atoms with Crippen LogP contribution in [0, 0.1) is 19.8 Å². The van der Waals surface area contributed by atoms with Gasteiger partial charge in [0.2, 0.25) is 0 Å². The quantitative estimate of drug-likeness (QED) is 0.432. The predicted octanol–water partition coefficient (Wildman–Crippen LogP) is 5.46. The summed E-state index contributed by atoms with van der Waals surface area (Å²) < 4.78 is 16.1. The maximum absolute atomic E-state index is 13.0. The number of aliphatic hydroxyl groups is 1. The van der Waals surface area contributed by atoms with Crippen LogP contribution in [0.1, 0.15) is 93.3 Å². The highest BCUT2D eigenvalue weighted by molar-refractivity contribution is 7.83. The van der Waals surface area contributed by atoms with Gasteiger partial charge in [0.05, 0.1) is 21.1 Å². The molecule has 1 heterocycles. The van der Waals surface area contributed by atoms with E-state index in [1.165, 1.54) is 43.4 Å². The van der Waals surface area contributed by atoms with Gasteiger partial charge in [0.15, 0.2) is 5.01 Å². The van der Waals surface area contributed by atoms with Crippen LogP contribution >= 0.6 is 11.3 Å². The van der Waals surface area contributed by atoms with Crippen molar-refractivity contribution in [3.05, 3.63) is 34.0 Å². The summed E-state index contributed by atoms with van der Waals surface area (Å²) in [6, 6.07) is 3.96. The lowest BCUT2D eigenvalue weighted by Crippen LogP contribution is -2.38. The summed E-state index contributed by atoms with van der Waals surface area (Å²) in [5, 5.41) is 13.3. The van der Waals surface area contributed by atoms with Crippen LogP contribution < -0.4 is 10.0 Å². The number of carbonyl (C=O) groups is 1. The third kappa shape index (κ3) is 7.68. The van der Waals surface area contributed by atoms with Crippen LogP contribution in [0.15, 0.2) is 17.0 Å². The van der Waals surface area contributed by atoms with Gasteiger partial charge in [-0.1, -0.05) is 38.2 Å². The number of aromatic nitrogens is 1. The number of hydrogen-bond acceptors (Lipinski definition) is 5. The minimum atomic E-state index is -1.31. The fourth-order valence-corrected chi connectivity index (χ4v) is 6.79. The Kier molecular flexibility index (Phi) is 8.95. The van der Waals surface area contributed by atoms with Gasteiger partial charge in [-0.15, -0.1) is 11.3 Å². The molecule has 0 aliphatic heterocycles. The van der Waals surface area contributed by atoms with Crippen molar-refractivity contribution in [2.24, 2.45) is 5.92 Å². The first-order valence-electron chi connectivity index (χ1n) is 12.6. The molecule has 1 atom stereocenters. The number of benzene rings is 1. The highest BCUT2D eigenvalue weighted by Gasteiger charge is 2.25. The summed E-state index contributed by atoms with van der Waals surface area (Å²) in [6.07, 6.45) is 7.06. The molecule has 1 unspecified atom stereocenters. The normalized spacial score (nSPS) is 16.3. The van der Waals surface area contributed by atoms with Gasteiger partial charge in [0, 0.05) is 12.1 Å². The van der Waals surface area contributed by atoms with Crippen molar-refractivity contribution in [2.75, 3.05) is 6.54 Å². The summed E-state index contributed by atoms with van der Waals surface area (Å²) in [7, 11) is -1.31. The topological polar surface area (TPSA) is 91.3 Å². The van der Waals surface area contributed by atoms with E-state index in [4.69, 9.17) is 4.98 Å². The fraction of sp³-hybridized carbons (Fsp3) is 0.630. The van der Waals surface area contributed by atoms with Gasteiger partial charge in [-0.3, -0.25) is 4.79 Å². The molecular weight excluding hydrogens is 478 g/mol. The van der Waals surface area contributed by atoms with E-state index in [1.54, 1.807) is 13.8 Å². The second-order valence-corrected chi connectivity index (χ2v) is 13.7. The van der Waals surface area contributed by atoms with E-state index in [0.717, 1.165) is 38.6 Å². The highest BCUT2D eigenvalue weighted by atomic mass is 32.2.